The summed E-state index contributed by atoms with van der Waals surface area (Å²) in [7, 11) is 0. The van der Waals surface area contributed by atoms with Crippen molar-refractivity contribution in [1.29, 1.82) is 0 Å². The topological polar surface area (TPSA) is 36.8 Å². The Morgan fingerprint density at radius 3 is 3.56 bits per heavy atom. The maximum Gasteiger partial charge on any atom is 0.110 e. The number of hydrogen-bond acceptors (Lipinski definition) is 3. The molecule has 0 amide bonds. The van der Waals surface area contributed by atoms with Gasteiger partial charge in [-0.25, -0.2) is 4.99 Å². The lowest BCUT2D eigenvalue weighted by atomic mass is 10.1. The fourth-order valence-corrected chi connectivity index (χ4v) is 1.22. The van der Waals surface area contributed by atoms with Gasteiger partial charge in [-0.05, 0) is 13.0 Å². The van der Waals surface area contributed by atoms with E-state index in [1.807, 2.05) is 0 Å². The predicted molar refractivity (Wildman–Crippen MR) is 37.2 cm³/mol. The number of aliphatic imine (C=N–C) groups is 2. The Bertz CT molecular complexity index is 171. The monoisotopic (exact) mass is 123 g/mol. The van der Waals surface area contributed by atoms with Gasteiger partial charge in [0, 0.05) is 6.54 Å². The van der Waals surface area contributed by atoms with Gasteiger partial charge in [-0.2, -0.15) is 0 Å². The van der Waals surface area contributed by atoms with Gasteiger partial charge in [0.25, 0.3) is 0 Å². The van der Waals surface area contributed by atoms with Gasteiger partial charge >= 0.3 is 0 Å². The molecule has 1 fully saturated rings. The van der Waals surface area contributed by atoms with E-state index < -0.39 is 0 Å². The molecule has 0 radical (unpaired) electrons. The summed E-state index contributed by atoms with van der Waals surface area (Å²) in [6.07, 6.45) is 2.79. The fourth-order valence-electron chi connectivity index (χ4n) is 1.22. The molecule has 0 bridgehead atoms. The Morgan fingerprint density at radius 1 is 1.67 bits per heavy atom. The molecule has 0 saturated carbocycles. The highest BCUT2D eigenvalue weighted by Crippen LogP contribution is 2.08. The Hall–Kier alpha value is -0.700. The van der Waals surface area contributed by atoms with Crippen LogP contribution in [0.4, 0.5) is 0 Å². The largest absolute Gasteiger partial charge is 0.311 e. The van der Waals surface area contributed by atoms with E-state index in [0.717, 1.165) is 19.5 Å². The Morgan fingerprint density at radius 2 is 2.67 bits per heavy atom. The van der Waals surface area contributed by atoms with Crippen LogP contribution in [-0.4, -0.2) is 31.2 Å². The highest BCUT2D eigenvalue weighted by Gasteiger charge is 2.20. The number of nitrogens with zero attached hydrogens (tertiary/aromatic N) is 2. The standard InChI is InChI=1S/C6H9N3/c1-2-7-3-6-5(1)8-4-9-6/h4-5,7H,1-3H2. The van der Waals surface area contributed by atoms with Gasteiger partial charge in [-0.1, -0.05) is 0 Å². The van der Waals surface area contributed by atoms with Crippen molar-refractivity contribution in [1.82, 2.24) is 5.32 Å². The second kappa shape index (κ2) is 1.92. The average Bonchev–Trinajstić information content (AvgIpc) is 2.33. The van der Waals surface area contributed by atoms with Crippen molar-refractivity contribution in [3.8, 4) is 0 Å². The van der Waals surface area contributed by atoms with E-state index >= 15 is 0 Å². The predicted octanol–water partition coefficient (Wildman–Crippen LogP) is -0.169. The quantitative estimate of drug-likeness (QED) is 0.477. The lowest BCUT2D eigenvalue weighted by Gasteiger charge is -2.17. The third kappa shape index (κ3) is 0.772. The van der Waals surface area contributed by atoms with E-state index in [0.29, 0.717) is 6.04 Å². The molecule has 0 aromatic heterocycles. The first-order valence-corrected chi connectivity index (χ1v) is 3.26. The minimum Gasteiger partial charge on any atom is -0.311 e. The molecule has 3 heteroatoms. The van der Waals surface area contributed by atoms with Gasteiger partial charge in [0.05, 0.1) is 11.8 Å². The summed E-state index contributed by atoms with van der Waals surface area (Å²) in [5, 5.41) is 3.25. The van der Waals surface area contributed by atoms with Crippen LogP contribution < -0.4 is 5.32 Å². The van der Waals surface area contributed by atoms with Crippen molar-refractivity contribution >= 4 is 12.1 Å². The molecule has 0 spiro atoms. The van der Waals surface area contributed by atoms with Crippen LogP contribution in [0.1, 0.15) is 6.42 Å². The number of fused-ring (bicyclic) bond motifs is 1. The normalized spacial score (nSPS) is 32.0. The zero-order valence-corrected chi connectivity index (χ0v) is 5.17. The molecule has 3 nitrogen and oxygen atoms in total. The molecule has 0 aromatic rings. The van der Waals surface area contributed by atoms with Crippen LogP contribution in [0.25, 0.3) is 0 Å². The molecule has 1 atom stereocenters. The number of piperidine rings is 1. The van der Waals surface area contributed by atoms with Gasteiger partial charge in [0.1, 0.15) is 6.34 Å². The zero-order chi connectivity index (χ0) is 6.10. The van der Waals surface area contributed by atoms with Crippen molar-refractivity contribution in [3.05, 3.63) is 0 Å². The van der Waals surface area contributed by atoms with Crippen molar-refractivity contribution in [2.45, 2.75) is 12.5 Å². The van der Waals surface area contributed by atoms with E-state index in [9.17, 15) is 0 Å². The van der Waals surface area contributed by atoms with Gasteiger partial charge < -0.3 is 5.32 Å². The number of nitrogens with one attached hydrogen (secondary N) is 1. The minimum atomic E-state index is 0.422. The third-order valence-corrected chi connectivity index (χ3v) is 1.76. The van der Waals surface area contributed by atoms with Crippen molar-refractivity contribution in [2.75, 3.05) is 13.1 Å². The molecule has 2 aliphatic heterocycles. The lowest BCUT2D eigenvalue weighted by Crippen LogP contribution is -2.37. The van der Waals surface area contributed by atoms with Gasteiger partial charge in [0.15, 0.2) is 0 Å². The Kier molecular flexibility index (Phi) is 1.09. The minimum absolute atomic E-state index is 0.422. The summed E-state index contributed by atoms with van der Waals surface area (Å²) in [6, 6.07) is 0.422. The van der Waals surface area contributed by atoms with Crippen LogP contribution in [0.15, 0.2) is 9.98 Å². The molecule has 2 heterocycles. The smallest absolute Gasteiger partial charge is 0.110 e. The van der Waals surface area contributed by atoms with E-state index in [4.69, 9.17) is 0 Å². The van der Waals surface area contributed by atoms with Crippen LogP contribution in [0.3, 0.4) is 0 Å². The molecule has 48 valence electrons. The van der Waals surface area contributed by atoms with Crippen LogP contribution in [0, 0.1) is 0 Å². The molecular formula is C6H9N3. The summed E-state index contributed by atoms with van der Waals surface area (Å²) in [6.45, 7) is 2.02. The van der Waals surface area contributed by atoms with Gasteiger partial charge in [-0.15, -0.1) is 0 Å². The maximum atomic E-state index is 4.19. The number of hydrogen-bond donors (Lipinski definition) is 1. The summed E-state index contributed by atoms with van der Waals surface area (Å²) in [5.74, 6) is 0. The molecule has 1 saturated heterocycles. The Labute approximate surface area is 53.9 Å². The van der Waals surface area contributed by atoms with Crippen LogP contribution in [-0.2, 0) is 0 Å². The van der Waals surface area contributed by atoms with E-state index in [1.165, 1.54) is 5.71 Å². The maximum absolute atomic E-state index is 4.19. The average molecular weight is 123 g/mol. The lowest BCUT2D eigenvalue weighted by molar-refractivity contribution is 0.626. The van der Waals surface area contributed by atoms with Crippen LogP contribution in [0.2, 0.25) is 0 Å². The first-order chi connectivity index (χ1) is 4.47. The van der Waals surface area contributed by atoms with Crippen molar-refractivity contribution < 1.29 is 0 Å². The van der Waals surface area contributed by atoms with E-state index in [-0.39, 0.29) is 0 Å². The Balaban J connectivity index is 2.16. The molecule has 0 aliphatic carbocycles. The second-order valence-electron chi connectivity index (χ2n) is 2.37. The van der Waals surface area contributed by atoms with Crippen molar-refractivity contribution in [3.63, 3.8) is 0 Å². The highest BCUT2D eigenvalue weighted by molar-refractivity contribution is 6.00. The molecule has 2 rings (SSSR count). The first kappa shape index (κ1) is 5.11. The molecule has 1 unspecified atom stereocenters. The third-order valence-electron chi connectivity index (χ3n) is 1.76. The zero-order valence-electron chi connectivity index (χ0n) is 5.17. The summed E-state index contributed by atoms with van der Waals surface area (Å²) >= 11 is 0. The van der Waals surface area contributed by atoms with Crippen LogP contribution >= 0.6 is 0 Å². The summed E-state index contributed by atoms with van der Waals surface area (Å²) in [5.41, 5.74) is 1.21. The SMILES string of the molecule is C1=NC2CCNCC2=N1. The molecular weight excluding hydrogens is 114 g/mol. The molecule has 2 aliphatic rings. The van der Waals surface area contributed by atoms with Gasteiger partial charge in [-0.3, -0.25) is 4.99 Å². The molecule has 0 aromatic carbocycles. The molecule has 9 heavy (non-hydrogen) atoms. The summed E-state index contributed by atoms with van der Waals surface area (Å²) in [4.78, 5) is 8.31. The van der Waals surface area contributed by atoms with Crippen molar-refractivity contribution in [2.24, 2.45) is 9.98 Å². The highest BCUT2D eigenvalue weighted by atomic mass is 15.0. The first-order valence-electron chi connectivity index (χ1n) is 3.26. The molecule has 1 N–H and O–H groups in total. The van der Waals surface area contributed by atoms with Crippen LogP contribution in [0.5, 0.6) is 0 Å². The van der Waals surface area contributed by atoms with E-state index in [1.54, 1.807) is 6.34 Å². The van der Waals surface area contributed by atoms with Gasteiger partial charge in [0.2, 0.25) is 0 Å². The fraction of sp³-hybridized carbons (Fsp3) is 0.667. The number of rotatable bonds is 0. The summed E-state index contributed by atoms with van der Waals surface area (Å²) < 4.78 is 0. The van der Waals surface area contributed by atoms with E-state index in [2.05, 4.69) is 15.3 Å². The second-order valence-corrected chi connectivity index (χ2v) is 2.37.